The predicted octanol–water partition coefficient (Wildman–Crippen LogP) is 3.21. The number of carbonyl (C=O) groups excluding carboxylic acids is 2. The summed E-state index contributed by atoms with van der Waals surface area (Å²) < 4.78 is 16.2. The van der Waals surface area contributed by atoms with Crippen molar-refractivity contribution < 1.29 is 28.9 Å². The lowest BCUT2D eigenvalue weighted by Gasteiger charge is -2.30. The van der Waals surface area contributed by atoms with Crippen LogP contribution in [-0.2, 0) is 19.0 Å². The smallest absolute Gasteiger partial charge is 0.416 e. The van der Waals surface area contributed by atoms with Crippen molar-refractivity contribution in [2.45, 2.75) is 12.2 Å². The number of phenolic OH excluding ortho intramolecular Hbond substituents is 1. The van der Waals surface area contributed by atoms with Gasteiger partial charge in [0.2, 0.25) is 0 Å². The maximum Gasteiger partial charge on any atom is 0.416 e. The van der Waals surface area contributed by atoms with Crippen LogP contribution in [0.1, 0.15) is 28.9 Å². The molecule has 0 saturated carbocycles. The summed E-state index contributed by atoms with van der Waals surface area (Å²) in [4.78, 5) is 25.9. The Hall–Kier alpha value is -3.16. The zero-order valence-electron chi connectivity index (χ0n) is 15.7. The molecule has 2 amide bonds. The maximum atomic E-state index is 12.7. The van der Waals surface area contributed by atoms with Gasteiger partial charge in [0.15, 0.2) is 6.29 Å². The topological polar surface area (TPSA) is 85.3 Å². The number of benzene rings is 2. The van der Waals surface area contributed by atoms with Gasteiger partial charge in [-0.05, 0) is 29.3 Å². The normalized spacial score (nSPS) is 20.2. The summed E-state index contributed by atoms with van der Waals surface area (Å²) in [6, 6.07) is 14.4. The van der Waals surface area contributed by atoms with Gasteiger partial charge in [0.1, 0.15) is 12.4 Å². The van der Waals surface area contributed by atoms with Crippen LogP contribution >= 0.6 is 0 Å². The Morgan fingerprint density at radius 1 is 1.10 bits per heavy atom. The molecule has 4 rings (SSSR count). The fourth-order valence-electron chi connectivity index (χ4n) is 3.41. The molecule has 2 heterocycles. The van der Waals surface area contributed by atoms with E-state index >= 15 is 0 Å². The standard InChI is InChI=1S/C22H21NO6/c24-18-8-6-16(19(12-18)21-27-10-11-28-21)7-9-20(25)23-13-17(14-29-22(23)26)15-4-2-1-3-5-15/h1-9,12,17,21,24H,10-11,13-14H2/b9-7+. The summed E-state index contributed by atoms with van der Waals surface area (Å²) in [5.74, 6) is -0.466. The summed E-state index contributed by atoms with van der Waals surface area (Å²) >= 11 is 0. The molecule has 7 nitrogen and oxygen atoms in total. The second kappa shape index (κ2) is 8.46. The van der Waals surface area contributed by atoms with Gasteiger partial charge < -0.3 is 19.3 Å². The molecule has 29 heavy (non-hydrogen) atoms. The van der Waals surface area contributed by atoms with Crippen molar-refractivity contribution in [3.05, 3.63) is 71.3 Å². The van der Waals surface area contributed by atoms with Crippen molar-refractivity contribution >= 4 is 18.1 Å². The Balaban J connectivity index is 1.51. The lowest BCUT2D eigenvalue weighted by atomic mass is 9.98. The van der Waals surface area contributed by atoms with E-state index in [1.807, 2.05) is 30.3 Å². The highest BCUT2D eigenvalue weighted by molar-refractivity contribution is 6.01. The minimum Gasteiger partial charge on any atom is -0.508 e. The van der Waals surface area contributed by atoms with Crippen molar-refractivity contribution in [1.29, 1.82) is 0 Å². The highest BCUT2D eigenvalue weighted by Gasteiger charge is 2.31. The summed E-state index contributed by atoms with van der Waals surface area (Å²) in [7, 11) is 0. The van der Waals surface area contributed by atoms with E-state index in [9.17, 15) is 14.7 Å². The first-order chi connectivity index (χ1) is 14.1. The minimum absolute atomic E-state index is 0.0734. The summed E-state index contributed by atoms with van der Waals surface area (Å²) in [6.07, 6.45) is 1.65. The SMILES string of the molecule is O=C(/C=C/c1ccc(O)cc1C1OCCO1)N1CC(c2ccccc2)COC1=O. The van der Waals surface area contributed by atoms with E-state index in [1.54, 1.807) is 18.2 Å². The van der Waals surface area contributed by atoms with Crippen molar-refractivity contribution in [3.8, 4) is 5.75 Å². The number of cyclic esters (lactones) is 1. The van der Waals surface area contributed by atoms with Gasteiger partial charge in [-0.1, -0.05) is 36.4 Å². The predicted molar refractivity (Wildman–Crippen MR) is 104 cm³/mol. The van der Waals surface area contributed by atoms with Gasteiger partial charge >= 0.3 is 6.09 Å². The summed E-state index contributed by atoms with van der Waals surface area (Å²) in [5, 5.41) is 9.78. The molecule has 2 saturated heterocycles. The number of hydrogen-bond donors (Lipinski definition) is 1. The molecular formula is C22H21NO6. The van der Waals surface area contributed by atoms with Crippen LogP contribution in [-0.4, -0.2) is 48.4 Å². The number of aromatic hydroxyl groups is 1. The minimum atomic E-state index is -0.653. The zero-order chi connectivity index (χ0) is 20.2. The molecule has 0 aromatic heterocycles. The van der Waals surface area contributed by atoms with Crippen LogP contribution in [0.25, 0.3) is 6.08 Å². The molecule has 2 fully saturated rings. The number of phenols is 1. The van der Waals surface area contributed by atoms with Crippen LogP contribution in [0.3, 0.4) is 0 Å². The van der Waals surface area contributed by atoms with Gasteiger partial charge in [0, 0.05) is 24.1 Å². The van der Waals surface area contributed by atoms with E-state index in [0.29, 0.717) is 24.3 Å². The van der Waals surface area contributed by atoms with E-state index in [1.165, 1.54) is 12.1 Å². The Bertz CT molecular complexity index is 920. The van der Waals surface area contributed by atoms with E-state index in [4.69, 9.17) is 14.2 Å². The van der Waals surface area contributed by atoms with Crippen molar-refractivity contribution in [2.75, 3.05) is 26.4 Å². The van der Waals surface area contributed by atoms with Crippen LogP contribution in [0, 0.1) is 0 Å². The maximum absolute atomic E-state index is 12.7. The molecule has 2 aromatic carbocycles. The highest BCUT2D eigenvalue weighted by Crippen LogP contribution is 2.30. The van der Waals surface area contributed by atoms with E-state index in [0.717, 1.165) is 10.5 Å². The number of hydrogen-bond acceptors (Lipinski definition) is 6. The molecule has 150 valence electrons. The first-order valence-corrected chi connectivity index (χ1v) is 9.39. The van der Waals surface area contributed by atoms with Crippen molar-refractivity contribution in [1.82, 2.24) is 4.90 Å². The fraction of sp³-hybridized carbons (Fsp3) is 0.273. The molecular weight excluding hydrogens is 374 g/mol. The van der Waals surface area contributed by atoms with Gasteiger partial charge in [-0.15, -0.1) is 0 Å². The Morgan fingerprint density at radius 2 is 1.86 bits per heavy atom. The molecule has 2 aromatic rings. The molecule has 2 aliphatic heterocycles. The molecule has 0 aliphatic carbocycles. The summed E-state index contributed by atoms with van der Waals surface area (Å²) in [5.41, 5.74) is 2.29. The number of rotatable bonds is 4. The van der Waals surface area contributed by atoms with Crippen LogP contribution in [0.2, 0.25) is 0 Å². The molecule has 1 N–H and O–H groups in total. The average molecular weight is 395 g/mol. The molecule has 0 bridgehead atoms. The van der Waals surface area contributed by atoms with Gasteiger partial charge in [-0.3, -0.25) is 4.79 Å². The van der Waals surface area contributed by atoms with Crippen molar-refractivity contribution in [3.63, 3.8) is 0 Å². The third kappa shape index (κ3) is 4.31. The van der Waals surface area contributed by atoms with Crippen LogP contribution in [0.15, 0.2) is 54.6 Å². The van der Waals surface area contributed by atoms with E-state index in [-0.39, 0.29) is 24.8 Å². The first kappa shape index (κ1) is 19.2. The lowest BCUT2D eigenvalue weighted by Crippen LogP contribution is -2.44. The van der Waals surface area contributed by atoms with Crippen LogP contribution in [0.4, 0.5) is 4.79 Å². The first-order valence-electron chi connectivity index (χ1n) is 9.39. The molecule has 2 aliphatic rings. The second-order valence-corrected chi connectivity index (χ2v) is 6.85. The molecule has 7 heteroatoms. The quantitative estimate of drug-likeness (QED) is 0.800. The Labute approximate surface area is 168 Å². The molecule has 1 unspecified atom stereocenters. The Kier molecular flexibility index (Phi) is 5.59. The monoisotopic (exact) mass is 395 g/mol. The summed E-state index contributed by atoms with van der Waals surface area (Å²) in [6.45, 7) is 1.42. The third-order valence-electron chi connectivity index (χ3n) is 4.92. The number of carbonyl (C=O) groups is 2. The number of nitrogens with zero attached hydrogens (tertiary/aromatic N) is 1. The second-order valence-electron chi connectivity index (χ2n) is 6.85. The van der Waals surface area contributed by atoms with E-state index in [2.05, 4.69) is 0 Å². The van der Waals surface area contributed by atoms with Gasteiger partial charge in [-0.2, -0.15) is 0 Å². The van der Waals surface area contributed by atoms with Gasteiger partial charge in [0.05, 0.1) is 13.2 Å². The average Bonchev–Trinajstić information content (AvgIpc) is 3.28. The van der Waals surface area contributed by atoms with Crippen LogP contribution in [0.5, 0.6) is 5.75 Å². The van der Waals surface area contributed by atoms with Gasteiger partial charge in [-0.25, -0.2) is 9.69 Å². The molecule has 1 atom stereocenters. The lowest BCUT2D eigenvalue weighted by molar-refractivity contribution is -0.126. The Morgan fingerprint density at radius 3 is 2.62 bits per heavy atom. The zero-order valence-corrected chi connectivity index (χ0v) is 15.7. The van der Waals surface area contributed by atoms with Crippen molar-refractivity contribution in [2.24, 2.45) is 0 Å². The molecule has 0 spiro atoms. The number of amides is 2. The van der Waals surface area contributed by atoms with E-state index < -0.39 is 18.3 Å². The van der Waals surface area contributed by atoms with Crippen LogP contribution < -0.4 is 0 Å². The third-order valence-corrected chi connectivity index (χ3v) is 4.92. The fourth-order valence-corrected chi connectivity index (χ4v) is 3.41. The largest absolute Gasteiger partial charge is 0.508 e. The van der Waals surface area contributed by atoms with Gasteiger partial charge in [0.25, 0.3) is 5.91 Å². The number of ether oxygens (including phenoxy) is 3. The molecule has 0 radical (unpaired) electrons. The highest BCUT2D eigenvalue weighted by atomic mass is 16.7. The number of imide groups is 1.